The number of para-hydroxylation sites is 1. The highest BCUT2D eigenvalue weighted by Crippen LogP contribution is 2.32. The average molecular weight is 379 g/mol. The molecule has 7 nitrogen and oxygen atoms in total. The third-order valence-electron chi connectivity index (χ3n) is 4.97. The molecule has 3 heterocycles. The van der Waals surface area contributed by atoms with Crippen LogP contribution in [0.15, 0.2) is 36.5 Å². The van der Waals surface area contributed by atoms with Crippen molar-refractivity contribution in [3.05, 3.63) is 42.1 Å². The van der Waals surface area contributed by atoms with Crippen molar-refractivity contribution in [2.24, 2.45) is 0 Å². The van der Waals surface area contributed by atoms with E-state index in [4.69, 9.17) is 9.84 Å². The van der Waals surface area contributed by atoms with Gasteiger partial charge in [0.15, 0.2) is 5.82 Å². The molecule has 0 spiro atoms. The Hall–Kier alpha value is -3.09. The number of cyclic esters (lactones) is 1. The number of fused-ring (bicyclic) bond motifs is 2. The molecule has 0 unspecified atom stereocenters. The molecule has 0 radical (unpaired) electrons. The van der Waals surface area contributed by atoms with Crippen LogP contribution < -0.4 is 10.2 Å². The molecule has 1 N–H and O–H groups in total. The Morgan fingerprint density at radius 1 is 1.18 bits per heavy atom. The van der Waals surface area contributed by atoms with Crippen molar-refractivity contribution in [1.29, 1.82) is 0 Å². The molecule has 0 aliphatic carbocycles. The van der Waals surface area contributed by atoms with Gasteiger partial charge in [-0.15, -0.1) is 5.10 Å². The fourth-order valence-corrected chi connectivity index (χ4v) is 3.61. The van der Waals surface area contributed by atoms with Gasteiger partial charge in [-0.2, -0.15) is 0 Å². The third kappa shape index (κ3) is 3.28. The van der Waals surface area contributed by atoms with Crippen LogP contribution in [0.4, 0.5) is 16.4 Å². The first-order valence-electron chi connectivity index (χ1n) is 9.87. The Balaban J connectivity index is 1.85. The number of hydrogen-bond acceptors (Lipinski definition) is 5. The van der Waals surface area contributed by atoms with E-state index < -0.39 is 6.09 Å². The van der Waals surface area contributed by atoms with E-state index in [2.05, 4.69) is 41.2 Å². The predicted octanol–water partition coefficient (Wildman–Crippen LogP) is 4.50. The minimum Gasteiger partial charge on any atom is -0.444 e. The number of anilines is 2. The minimum atomic E-state index is -0.475. The summed E-state index contributed by atoms with van der Waals surface area (Å²) in [6.45, 7) is 6.53. The van der Waals surface area contributed by atoms with Gasteiger partial charge in [-0.3, -0.25) is 5.32 Å². The van der Waals surface area contributed by atoms with Crippen molar-refractivity contribution in [1.82, 2.24) is 14.8 Å². The fourth-order valence-electron chi connectivity index (χ4n) is 3.61. The number of aromatic nitrogens is 3. The van der Waals surface area contributed by atoms with Crippen LogP contribution in [-0.2, 0) is 11.3 Å². The van der Waals surface area contributed by atoms with Gasteiger partial charge in [0.1, 0.15) is 12.4 Å². The third-order valence-corrected chi connectivity index (χ3v) is 4.97. The maximum atomic E-state index is 11.5. The Bertz CT molecular complexity index is 998. The van der Waals surface area contributed by atoms with Crippen LogP contribution >= 0.6 is 0 Å². The lowest BCUT2D eigenvalue weighted by Gasteiger charge is -2.22. The number of pyridine rings is 1. The summed E-state index contributed by atoms with van der Waals surface area (Å²) in [6.07, 6.45) is 4.56. The summed E-state index contributed by atoms with van der Waals surface area (Å²) in [5.41, 5.74) is 2.73. The van der Waals surface area contributed by atoms with Gasteiger partial charge in [-0.25, -0.2) is 14.5 Å². The van der Waals surface area contributed by atoms with Crippen molar-refractivity contribution in [3.63, 3.8) is 0 Å². The Kier molecular flexibility index (Phi) is 5.14. The maximum absolute atomic E-state index is 11.5. The molecular formula is C21H25N5O2. The van der Waals surface area contributed by atoms with E-state index >= 15 is 0 Å². The lowest BCUT2D eigenvalue weighted by molar-refractivity contribution is 0.151. The van der Waals surface area contributed by atoms with Gasteiger partial charge in [0.05, 0.1) is 16.8 Å². The van der Waals surface area contributed by atoms with Crippen molar-refractivity contribution >= 4 is 28.6 Å². The minimum absolute atomic E-state index is 0.183. The molecule has 28 heavy (non-hydrogen) atoms. The summed E-state index contributed by atoms with van der Waals surface area (Å²) in [5, 5.41) is 8.80. The zero-order chi connectivity index (χ0) is 19.5. The smallest absolute Gasteiger partial charge is 0.413 e. The summed E-state index contributed by atoms with van der Waals surface area (Å²) in [4.78, 5) is 18.2. The van der Waals surface area contributed by atoms with Gasteiger partial charge in [-0.05, 0) is 31.0 Å². The van der Waals surface area contributed by atoms with E-state index in [-0.39, 0.29) is 6.61 Å². The van der Waals surface area contributed by atoms with Crippen molar-refractivity contribution in [2.75, 3.05) is 23.3 Å². The molecule has 7 heteroatoms. The highest BCUT2D eigenvalue weighted by atomic mass is 16.5. The molecule has 4 rings (SSSR count). The van der Waals surface area contributed by atoms with Gasteiger partial charge in [0.2, 0.25) is 0 Å². The Labute approximate surface area is 164 Å². The van der Waals surface area contributed by atoms with Gasteiger partial charge < -0.3 is 9.64 Å². The van der Waals surface area contributed by atoms with Crippen LogP contribution in [-0.4, -0.2) is 33.9 Å². The lowest BCUT2D eigenvalue weighted by Crippen LogP contribution is -2.26. The first-order valence-corrected chi connectivity index (χ1v) is 9.87. The molecule has 146 valence electrons. The van der Waals surface area contributed by atoms with Crippen LogP contribution in [0.25, 0.3) is 16.6 Å². The number of benzene rings is 1. The predicted molar refractivity (Wildman–Crippen MR) is 110 cm³/mol. The molecule has 2 aromatic heterocycles. The molecule has 0 saturated heterocycles. The first-order chi connectivity index (χ1) is 13.7. The standard InChI is InChI=1S/C21H25N5O2/c1-3-5-13-25(12-4-2)20-15-8-6-7-9-17(15)26(24-20)18-10-11-22-19-16(18)14-28-21(27)23-19/h6-11H,3-5,12-14H2,1-2H3,(H,22,23,27). The normalized spacial score (nSPS) is 13.1. The molecule has 1 aliphatic heterocycles. The number of rotatable bonds is 7. The maximum Gasteiger partial charge on any atom is 0.413 e. The fraction of sp³-hybridized carbons (Fsp3) is 0.381. The van der Waals surface area contributed by atoms with Gasteiger partial charge >= 0.3 is 6.09 Å². The SMILES string of the molecule is CCCCN(CCC)c1nn(-c2ccnc3c2COC(=O)N3)c2ccccc12. The van der Waals surface area contributed by atoms with Crippen LogP contribution in [0.3, 0.4) is 0 Å². The number of nitrogens with one attached hydrogen (secondary N) is 1. The number of carbonyl (C=O) groups excluding carboxylic acids is 1. The molecule has 1 aromatic carbocycles. The second-order valence-corrected chi connectivity index (χ2v) is 6.95. The van der Waals surface area contributed by atoms with Crippen LogP contribution in [0.2, 0.25) is 0 Å². The molecule has 3 aromatic rings. The second-order valence-electron chi connectivity index (χ2n) is 6.95. The van der Waals surface area contributed by atoms with Crippen LogP contribution in [0, 0.1) is 0 Å². The Morgan fingerprint density at radius 3 is 2.86 bits per heavy atom. The van der Waals surface area contributed by atoms with Crippen LogP contribution in [0.1, 0.15) is 38.7 Å². The number of carbonyl (C=O) groups is 1. The van der Waals surface area contributed by atoms with E-state index in [0.717, 1.165) is 60.3 Å². The second kappa shape index (κ2) is 7.88. The molecule has 1 aliphatic rings. The summed E-state index contributed by atoms with van der Waals surface area (Å²) < 4.78 is 7.13. The monoisotopic (exact) mass is 379 g/mol. The highest BCUT2D eigenvalue weighted by Gasteiger charge is 2.23. The number of amides is 1. The molecule has 0 atom stereocenters. The topological polar surface area (TPSA) is 72.3 Å². The van der Waals surface area contributed by atoms with E-state index in [1.807, 2.05) is 22.9 Å². The summed E-state index contributed by atoms with van der Waals surface area (Å²) in [7, 11) is 0. The molecule has 0 saturated carbocycles. The van der Waals surface area contributed by atoms with E-state index in [1.54, 1.807) is 6.20 Å². The van der Waals surface area contributed by atoms with Crippen molar-refractivity contribution < 1.29 is 9.53 Å². The number of hydrogen-bond donors (Lipinski definition) is 1. The van der Waals surface area contributed by atoms with E-state index in [1.165, 1.54) is 0 Å². The number of unbranched alkanes of at least 4 members (excludes halogenated alkanes) is 1. The van der Waals surface area contributed by atoms with Gasteiger partial charge in [0.25, 0.3) is 0 Å². The summed E-state index contributed by atoms with van der Waals surface area (Å²) in [6, 6.07) is 10.2. The molecule has 1 amide bonds. The first kappa shape index (κ1) is 18.3. The largest absolute Gasteiger partial charge is 0.444 e. The van der Waals surface area contributed by atoms with Crippen molar-refractivity contribution in [3.8, 4) is 5.69 Å². The summed E-state index contributed by atoms with van der Waals surface area (Å²) >= 11 is 0. The van der Waals surface area contributed by atoms with E-state index in [0.29, 0.717) is 5.82 Å². The number of nitrogens with zero attached hydrogens (tertiary/aromatic N) is 4. The average Bonchev–Trinajstić information content (AvgIpc) is 3.10. The summed E-state index contributed by atoms with van der Waals surface area (Å²) in [5.74, 6) is 1.53. The van der Waals surface area contributed by atoms with Gasteiger partial charge in [-0.1, -0.05) is 32.4 Å². The van der Waals surface area contributed by atoms with Crippen molar-refractivity contribution in [2.45, 2.75) is 39.7 Å². The molecule has 0 fully saturated rings. The van der Waals surface area contributed by atoms with Crippen LogP contribution in [0.5, 0.6) is 0 Å². The van der Waals surface area contributed by atoms with Gasteiger partial charge in [0, 0.05) is 24.7 Å². The zero-order valence-electron chi connectivity index (χ0n) is 16.3. The highest BCUT2D eigenvalue weighted by molar-refractivity contribution is 5.93. The van der Waals surface area contributed by atoms with E-state index in [9.17, 15) is 4.79 Å². The quantitative estimate of drug-likeness (QED) is 0.654. The molecular weight excluding hydrogens is 354 g/mol. The molecule has 0 bridgehead atoms. The lowest BCUT2D eigenvalue weighted by atomic mass is 10.2. The zero-order valence-corrected chi connectivity index (χ0v) is 16.3. The Morgan fingerprint density at radius 2 is 2.04 bits per heavy atom. The number of ether oxygens (including phenoxy) is 1.